The quantitative estimate of drug-likeness (QED) is 0.603. The molecule has 0 fully saturated rings. The molecule has 2 aromatic carbocycles. The second-order valence-electron chi connectivity index (χ2n) is 6.13. The number of benzene rings is 2. The van der Waals surface area contributed by atoms with Gasteiger partial charge in [0.25, 0.3) is 0 Å². The van der Waals surface area contributed by atoms with Gasteiger partial charge in [0, 0.05) is 11.4 Å². The molecule has 0 saturated carbocycles. The van der Waals surface area contributed by atoms with E-state index in [1.807, 2.05) is 0 Å². The van der Waals surface area contributed by atoms with Crippen molar-refractivity contribution in [2.75, 3.05) is 18.4 Å². The number of sulfonamides is 1. The highest BCUT2D eigenvalue weighted by Gasteiger charge is 2.34. The Balaban J connectivity index is 2.33. The van der Waals surface area contributed by atoms with Crippen molar-refractivity contribution < 1.29 is 27.5 Å². The smallest absolute Gasteiger partial charge is 0.326 e. The first-order chi connectivity index (χ1) is 13.8. The van der Waals surface area contributed by atoms with Crippen LogP contribution >= 0.6 is 11.6 Å². The van der Waals surface area contributed by atoms with Crippen LogP contribution in [0.1, 0.15) is 18.1 Å². The Morgan fingerprint density at radius 2 is 1.76 bits per heavy atom. The molecule has 0 aliphatic heterocycles. The monoisotopic (exact) mass is 439 g/mol. The largest absolute Gasteiger partial charge is 0.469 e. The average Bonchev–Trinajstić information content (AvgIpc) is 2.68. The molecule has 0 heterocycles. The molecule has 2 aromatic rings. The summed E-state index contributed by atoms with van der Waals surface area (Å²) < 4.78 is 38.1. The Hall–Kier alpha value is -2.58. The topological polar surface area (TPSA) is 98.8 Å². The molecule has 1 N–H and O–H groups in total. The van der Waals surface area contributed by atoms with Gasteiger partial charge >= 0.3 is 11.9 Å². The predicted molar refractivity (Wildman–Crippen MR) is 110 cm³/mol. The maximum Gasteiger partial charge on any atom is 0.326 e. The third-order valence-corrected chi connectivity index (χ3v) is 5.96. The molecule has 0 saturated heterocycles. The number of hydrogen-bond acceptors (Lipinski definition) is 6. The van der Waals surface area contributed by atoms with Crippen molar-refractivity contribution in [1.29, 1.82) is 0 Å². The Kier molecular flexibility index (Phi) is 8.04. The van der Waals surface area contributed by atoms with Crippen LogP contribution in [0.3, 0.4) is 0 Å². The van der Waals surface area contributed by atoms with Crippen molar-refractivity contribution in [1.82, 2.24) is 0 Å². The fourth-order valence-electron chi connectivity index (χ4n) is 2.62. The molecule has 0 spiro atoms. The summed E-state index contributed by atoms with van der Waals surface area (Å²) in [6.45, 7) is 1.65. The molecule has 1 unspecified atom stereocenters. The highest BCUT2D eigenvalue weighted by Crippen LogP contribution is 2.22. The van der Waals surface area contributed by atoms with Crippen LogP contribution in [0.15, 0.2) is 48.5 Å². The van der Waals surface area contributed by atoms with Crippen molar-refractivity contribution in [3.05, 3.63) is 64.7 Å². The van der Waals surface area contributed by atoms with Gasteiger partial charge in [-0.25, -0.2) is 8.42 Å². The normalized spacial score (nSPS) is 12.1. The second kappa shape index (κ2) is 10.3. The third kappa shape index (κ3) is 6.47. The molecule has 1 atom stereocenters. The number of rotatable bonds is 9. The minimum atomic E-state index is -4.18. The van der Waals surface area contributed by atoms with Gasteiger partial charge in [0.05, 0.1) is 25.8 Å². The average molecular weight is 440 g/mol. The van der Waals surface area contributed by atoms with Crippen LogP contribution in [0.25, 0.3) is 0 Å². The number of methoxy groups -OCH3 is 1. The van der Waals surface area contributed by atoms with Crippen LogP contribution in [0.4, 0.5) is 5.69 Å². The third-order valence-electron chi connectivity index (χ3n) is 4.09. The molecular weight excluding hydrogens is 418 g/mol. The summed E-state index contributed by atoms with van der Waals surface area (Å²) >= 11 is 5.87. The second-order valence-corrected chi connectivity index (χ2v) is 8.43. The van der Waals surface area contributed by atoms with Crippen molar-refractivity contribution in [3.8, 4) is 0 Å². The van der Waals surface area contributed by atoms with Gasteiger partial charge < -0.3 is 9.47 Å². The highest BCUT2D eigenvalue weighted by molar-refractivity contribution is 7.94. The SMILES string of the molecule is CCOC(=O)C(Cc1ccc(Cl)cc1)S(=O)(=O)Nc1ccccc1CC(=O)OC. The van der Waals surface area contributed by atoms with E-state index in [1.165, 1.54) is 13.2 Å². The van der Waals surface area contributed by atoms with Crippen molar-refractivity contribution in [3.63, 3.8) is 0 Å². The number of hydrogen-bond donors (Lipinski definition) is 1. The first kappa shape index (κ1) is 22.7. The van der Waals surface area contributed by atoms with Crippen LogP contribution in [0, 0.1) is 0 Å². The van der Waals surface area contributed by atoms with Crippen molar-refractivity contribution >= 4 is 39.3 Å². The van der Waals surface area contributed by atoms with E-state index in [1.54, 1.807) is 49.4 Å². The van der Waals surface area contributed by atoms with Crippen LogP contribution in [0.2, 0.25) is 5.02 Å². The van der Waals surface area contributed by atoms with E-state index in [9.17, 15) is 18.0 Å². The number of anilines is 1. The standard InChI is InChI=1S/C20H22ClNO6S/c1-3-28-20(24)18(12-14-8-10-16(21)11-9-14)29(25,26)22-17-7-5-4-6-15(17)13-19(23)27-2/h4-11,18,22H,3,12-13H2,1-2H3. The van der Waals surface area contributed by atoms with E-state index in [-0.39, 0.29) is 25.1 Å². The Morgan fingerprint density at radius 3 is 2.38 bits per heavy atom. The van der Waals surface area contributed by atoms with Gasteiger partial charge in [-0.05, 0) is 36.2 Å². The van der Waals surface area contributed by atoms with Crippen molar-refractivity contribution in [2.45, 2.75) is 25.0 Å². The van der Waals surface area contributed by atoms with E-state index in [0.29, 0.717) is 16.1 Å². The maximum atomic E-state index is 13.0. The molecule has 0 bridgehead atoms. The Bertz CT molecular complexity index is 959. The Labute approximate surface area is 175 Å². The lowest BCUT2D eigenvalue weighted by atomic mass is 10.1. The summed E-state index contributed by atoms with van der Waals surface area (Å²) in [5.41, 5.74) is 1.24. The Morgan fingerprint density at radius 1 is 1.10 bits per heavy atom. The first-order valence-electron chi connectivity index (χ1n) is 8.84. The molecular formula is C20H22ClNO6S. The summed E-state index contributed by atoms with van der Waals surface area (Å²) in [6, 6.07) is 12.9. The molecule has 0 radical (unpaired) electrons. The van der Waals surface area contributed by atoms with E-state index in [4.69, 9.17) is 16.3 Å². The zero-order chi connectivity index (χ0) is 21.4. The summed E-state index contributed by atoms with van der Waals surface area (Å²) in [6.07, 6.45) is -0.207. The van der Waals surface area contributed by atoms with Crippen LogP contribution < -0.4 is 4.72 Å². The summed E-state index contributed by atoms with van der Waals surface area (Å²) in [5.74, 6) is -1.37. The lowest BCUT2D eigenvalue weighted by Gasteiger charge is -2.19. The van der Waals surface area contributed by atoms with Crippen molar-refractivity contribution in [2.24, 2.45) is 0 Å². The summed E-state index contributed by atoms with van der Waals surface area (Å²) in [4.78, 5) is 24.0. The zero-order valence-electron chi connectivity index (χ0n) is 16.1. The maximum absolute atomic E-state index is 13.0. The summed E-state index contributed by atoms with van der Waals surface area (Å²) in [7, 11) is -2.93. The minimum Gasteiger partial charge on any atom is -0.469 e. The predicted octanol–water partition coefficient (Wildman–Crippen LogP) is 2.97. The highest BCUT2D eigenvalue weighted by atomic mass is 35.5. The molecule has 29 heavy (non-hydrogen) atoms. The van der Waals surface area contributed by atoms with Crippen LogP contribution in [-0.2, 0) is 41.9 Å². The van der Waals surface area contributed by atoms with Gasteiger partial charge in [0.1, 0.15) is 0 Å². The van der Waals surface area contributed by atoms with Gasteiger partial charge in [0.2, 0.25) is 10.0 Å². The molecule has 0 aromatic heterocycles. The number of para-hydroxylation sites is 1. The lowest BCUT2D eigenvalue weighted by molar-refractivity contribution is -0.142. The molecule has 0 aliphatic carbocycles. The fraction of sp³-hybridized carbons (Fsp3) is 0.300. The fourth-order valence-corrected chi connectivity index (χ4v) is 4.12. The zero-order valence-corrected chi connectivity index (χ0v) is 17.6. The van der Waals surface area contributed by atoms with E-state index < -0.39 is 27.2 Å². The first-order valence-corrected chi connectivity index (χ1v) is 10.8. The van der Waals surface area contributed by atoms with Gasteiger partial charge in [-0.1, -0.05) is 41.9 Å². The van der Waals surface area contributed by atoms with E-state index >= 15 is 0 Å². The van der Waals surface area contributed by atoms with E-state index in [0.717, 1.165) is 0 Å². The van der Waals surface area contributed by atoms with Crippen LogP contribution in [-0.4, -0.2) is 39.3 Å². The van der Waals surface area contributed by atoms with Gasteiger partial charge in [-0.15, -0.1) is 0 Å². The van der Waals surface area contributed by atoms with Gasteiger partial charge in [-0.2, -0.15) is 0 Å². The molecule has 156 valence electrons. The molecule has 9 heteroatoms. The number of esters is 2. The molecule has 0 amide bonds. The lowest BCUT2D eigenvalue weighted by Crippen LogP contribution is -2.38. The minimum absolute atomic E-state index is 0.0460. The van der Waals surface area contributed by atoms with Crippen LogP contribution in [0.5, 0.6) is 0 Å². The van der Waals surface area contributed by atoms with Gasteiger partial charge in [-0.3, -0.25) is 14.3 Å². The molecule has 7 nitrogen and oxygen atoms in total. The molecule has 0 aliphatic rings. The number of carbonyl (C=O) groups is 2. The number of ether oxygens (including phenoxy) is 2. The van der Waals surface area contributed by atoms with E-state index in [2.05, 4.69) is 9.46 Å². The number of halogens is 1. The molecule has 2 rings (SSSR count). The number of carbonyl (C=O) groups excluding carboxylic acids is 2. The number of nitrogens with one attached hydrogen (secondary N) is 1. The summed E-state index contributed by atoms with van der Waals surface area (Å²) in [5, 5.41) is -0.978. The van der Waals surface area contributed by atoms with Gasteiger partial charge in [0.15, 0.2) is 5.25 Å².